The third kappa shape index (κ3) is 2.95. The van der Waals surface area contributed by atoms with Gasteiger partial charge in [0.1, 0.15) is 0 Å². The highest BCUT2D eigenvalue weighted by Crippen LogP contribution is 2.36. The summed E-state index contributed by atoms with van der Waals surface area (Å²) in [6.45, 7) is 2.20. The van der Waals surface area contributed by atoms with Crippen LogP contribution in [0.5, 0.6) is 0 Å². The summed E-state index contributed by atoms with van der Waals surface area (Å²) in [6, 6.07) is 0.587. The predicted octanol–water partition coefficient (Wildman–Crippen LogP) is 2.37. The highest BCUT2D eigenvalue weighted by atomic mass is 32.1. The van der Waals surface area contributed by atoms with Crippen molar-refractivity contribution in [1.82, 2.24) is 4.98 Å². The molecule has 0 spiro atoms. The van der Waals surface area contributed by atoms with Crippen molar-refractivity contribution in [2.75, 3.05) is 5.32 Å². The van der Waals surface area contributed by atoms with Gasteiger partial charge in [-0.15, -0.1) is 11.3 Å². The van der Waals surface area contributed by atoms with Crippen LogP contribution in [-0.4, -0.2) is 22.1 Å². The lowest BCUT2D eigenvalue weighted by molar-refractivity contribution is -0.136. The van der Waals surface area contributed by atoms with Gasteiger partial charge in [-0.25, -0.2) is 4.98 Å². The molecule has 1 heterocycles. The fraction of sp³-hybridized carbons (Fsp3) is 0.636. The van der Waals surface area contributed by atoms with Crippen molar-refractivity contribution in [1.29, 1.82) is 0 Å². The van der Waals surface area contributed by atoms with E-state index in [0.29, 0.717) is 12.5 Å². The van der Waals surface area contributed by atoms with Gasteiger partial charge in [-0.1, -0.05) is 13.3 Å². The Balaban J connectivity index is 1.81. The Hall–Kier alpha value is -1.10. The molecule has 1 aliphatic rings. The van der Waals surface area contributed by atoms with Gasteiger partial charge < -0.3 is 10.4 Å². The maximum Gasteiger partial charge on any atom is 0.303 e. The number of carboxylic acids is 1. The molecule has 1 saturated carbocycles. The summed E-state index contributed by atoms with van der Waals surface area (Å²) in [6.07, 6.45) is 3.13. The molecule has 0 amide bonds. The van der Waals surface area contributed by atoms with Gasteiger partial charge in [0, 0.05) is 17.8 Å². The number of thiazole rings is 1. The van der Waals surface area contributed by atoms with Crippen molar-refractivity contribution in [3.05, 3.63) is 11.1 Å². The molecule has 1 aromatic heterocycles. The van der Waals surface area contributed by atoms with E-state index < -0.39 is 5.97 Å². The Labute approximate surface area is 98.7 Å². The largest absolute Gasteiger partial charge is 0.481 e. The van der Waals surface area contributed by atoms with Crippen LogP contribution in [0.25, 0.3) is 0 Å². The normalized spacial score (nSPS) is 23.1. The maximum atomic E-state index is 10.4. The molecule has 1 aromatic rings. The van der Waals surface area contributed by atoms with Crippen molar-refractivity contribution < 1.29 is 9.90 Å². The van der Waals surface area contributed by atoms with Crippen molar-refractivity contribution in [2.24, 2.45) is 5.92 Å². The van der Waals surface area contributed by atoms with Gasteiger partial charge in [0.2, 0.25) is 0 Å². The van der Waals surface area contributed by atoms with Crippen LogP contribution in [-0.2, 0) is 11.2 Å². The van der Waals surface area contributed by atoms with E-state index in [2.05, 4.69) is 17.2 Å². The molecule has 2 rings (SSSR count). The van der Waals surface area contributed by atoms with Crippen molar-refractivity contribution in [3.63, 3.8) is 0 Å². The van der Waals surface area contributed by atoms with E-state index in [1.54, 1.807) is 11.3 Å². The number of carbonyl (C=O) groups is 1. The Morgan fingerprint density at radius 3 is 3.19 bits per heavy atom. The van der Waals surface area contributed by atoms with Crippen molar-refractivity contribution in [3.8, 4) is 0 Å². The molecule has 2 N–H and O–H groups in total. The first-order chi connectivity index (χ1) is 7.69. The zero-order valence-electron chi connectivity index (χ0n) is 9.27. The number of nitrogens with zero attached hydrogens (tertiary/aromatic N) is 1. The van der Waals surface area contributed by atoms with Crippen molar-refractivity contribution >= 4 is 22.4 Å². The zero-order valence-corrected chi connectivity index (χ0v) is 10.1. The Morgan fingerprint density at radius 1 is 1.75 bits per heavy atom. The van der Waals surface area contributed by atoms with Crippen LogP contribution in [0.1, 0.15) is 31.9 Å². The molecule has 1 aliphatic carbocycles. The molecule has 0 bridgehead atoms. The molecular weight excluding hydrogens is 224 g/mol. The molecule has 0 aromatic carbocycles. The van der Waals surface area contributed by atoms with Crippen LogP contribution in [0.3, 0.4) is 0 Å². The van der Waals surface area contributed by atoms with Crippen molar-refractivity contribution in [2.45, 2.75) is 38.6 Å². The number of rotatable bonds is 6. The standard InChI is InChI=1S/C11H16N2O2S/c1-2-7-5-9(7)13-11-12-8(6-16-11)3-4-10(14)15/h6-7,9H,2-5H2,1H3,(H,12,13)(H,14,15). The maximum absolute atomic E-state index is 10.4. The van der Waals surface area contributed by atoms with E-state index in [0.717, 1.165) is 16.7 Å². The topological polar surface area (TPSA) is 62.2 Å². The van der Waals surface area contributed by atoms with Gasteiger partial charge in [0.05, 0.1) is 12.1 Å². The summed E-state index contributed by atoms with van der Waals surface area (Å²) < 4.78 is 0. The quantitative estimate of drug-likeness (QED) is 0.801. The molecule has 2 atom stereocenters. The van der Waals surface area contributed by atoms with Gasteiger partial charge in [-0.3, -0.25) is 4.79 Å². The van der Waals surface area contributed by atoms with Crippen LogP contribution in [0.15, 0.2) is 5.38 Å². The minimum atomic E-state index is -0.768. The average Bonchev–Trinajstić information content (AvgIpc) is 2.84. The molecule has 2 unspecified atom stereocenters. The number of aryl methyl sites for hydroxylation is 1. The lowest BCUT2D eigenvalue weighted by Crippen LogP contribution is -2.04. The second kappa shape index (κ2) is 4.82. The highest BCUT2D eigenvalue weighted by Gasteiger charge is 2.35. The number of aliphatic carboxylic acids is 1. The number of hydrogen-bond donors (Lipinski definition) is 2. The molecule has 0 saturated heterocycles. The average molecular weight is 240 g/mol. The first kappa shape index (κ1) is 11.4. The predicted molar refractivity (Wildman–Crippen MR) is 63.9 cm³/mol. The van der Waals surface area contributed by atoms with Crippen LogP contribution in [0, 0.1) is 5.92 Å². The molecular formula is C11H16N2O2S. The number of nitrogens with one attached hydrogen (secondary N) is 1. The van der Waals surface area contributed by atoms with Gasteiger partial charge in [0.15, 0.2) is 5.13 Å². The smallest absolute Gasteiger partial charge is 0.303 e. The minimum Gasteiger partial charge on any atom is -0.481 e. The summed E-state index contributed by atoms with van der Waals surface area (Å²) in [5.74, 6) is 0.0297. The number of anilines is 1. The van der Waals surface area contributed by atoms with Crippen LogP contribution in [0.2, 0.25) is 0 Å². The minimum absolute atomic E-state index is 0.157. The SMILES string of the molecule is CCC1CC1Nc1nc(CCC(=O)O)cs1. The summed E-state index contributed by atoms with van der Waals surface area (Å²) in [4.78, 5) is 14.8. The number of carboxylic acid groups (broad SMARTS) is 1. The lowest BCUT2D eigenvalue weighted by Gasteiger charge is -1.99. The van der Waals surface area contributed by atoms with E-state index in [1.165, 1.54) is 12.8 Å². The van der Waals surface area contributed by atoms with E-state index in [1.807, 2.05) is 5.38 Å². The molecule has 5 heteroatoms. The van der Waals surface area contributed by atoms with Gasteiger partial charge in [0.25, 0.3) is 0 Å². The first-order valence-electron chi connectivity index (χ1n) is 5.61. The third-order valence-corrected chi connectivity index (χ3v) is 3.72. The Kier molecular flexibility index (Phi) is 3.43. The number of aromatic nitrogens is 1. The highest BCUT2D eigenvalue weighted by molar-refractivity contribution is 7.13. The monoisotopic (exact) mass is 240 g/mol. The Morgan fingerprint density at radius 2 is 2.56 bits per heavy atom. The summed E-state index contributed by atoms with van der Waals surface area (Å²) in [5.41, 5.74) is 0.878. The van der Waals surface area contributed by atoms with Crippen LogP contribution < -0.4 is 5.32 Å². The van der Waals surface area contributed by atoms with E-state index in [4.69, 9.17) is 5.11 Å². The van der Waals surface area contributed by atoms with E-state index in [9.17, 15) is 4.79 Å². The molecule has 88 valence electrons. The second-order valence-electron chi connectivity index (χ2n) is 4.19. The van der Waals surface area contributed by atoms with E-state index >= 15 is 0 Å². The molecule has 1 fully saturated rings. The molecule has 16 heavy (non-hydrogen) atoms. The summed E-state index contributed by atoms with van der Waals surface area (Å²) in [5, 5.41) is 14.8. The van der Waals surface area contributed by atoms with Gasteiger partial charge in [-0.2, -0.15) is 0 Å². The van der Waals surface area contributed by atoms with Crippen LogP contribution in [0.4, 0.5) is 5.13 Å². The van der Waals surface area contributed by atoms with Gasteiger partial charge in [-0.05, 0) is 12.3 Å². The summed E-state index contributed by atoms with van der Waals surface area (Å²) in [7, 11) is 0. The lowest BCUT2D eigenvalue weighted by atomic mass is 10.2. The van der Waals surface area contributed by atoms with Crippen LogP contribution >= 0.6 is 11.3 Å². The number of hydrogen-bond acceptors (Lipinski definition) is 4. The Bertz CT molecular complexity index is 378. The molecule has 0 radical (unpaired) electrons. The fourth-order valence-electron chi connectivity index (χ4n) is 1.76. The third-order valence-electron chi connectivity index (χ3n) is 2.90. The fourth-order valence-corrected chi connectivity index (χ4v) is 2.56. The van der Waals surface area contributed by atoms with E-state index in [-0.39, 0.29) is 6.42 Å². The zero-order chi connectivity index (χ0) is 11.5. The van der Waals surface area contributed by atoms with Gasteiger partial charge >= 0.3 is 5.97 Å². The molecule has 0 aliphatic heterocycles. The first-order valence-corrected chi connectivity index (χ1v) is 6.49. The summed E-state index contributed by atoms with van der Waals surface area (Å²) >= 11 is 1.57. The second-order valence-corrected chi connectivity index (χ2v) is 5.05. The molecule has 4 nitrogen and oxygen atoms in total.